The molecule has 0 heterocycles. The van der Waals surface area contributed by atoms with E-state index in [1.807, 2.05) is 27.9 Å². The lowest BCUT2D eigenvalue weighted by Crippen LogP contribution is -2.46. The first-order chi connectivity index (χ1) is 15.2. The summed E-state index contributed by atoms with van der Waals surface area (Å²) in [5.74, 6) is 0.495. The molecule has 0 aromatic heterocycles. The Morgan fingerprint density at radius 2 is 1.29 bits per heavy atom. The van der Waals surface area contributed by atoms with Gasteiger partial charge in [-0.2, -0.15) is 0 Å². The van der Waals surface area contributed by atoms with Crippen LogP contribution < -0.4 is 0 Å². The number of carbonyl (C=O) groups excluding carboxylic acids is 1. The minimum atomic E-state index is -1.42. The zero-order chi connectivity index (χ0) is 27.1. The van der Waals surface area contributed by atoms with Gasteiger partial charge in [-0.05, 0) is 69.9 Å². The van der Waals surface area contributed by atoms with E-state index in [1.165, 1.54) is 0 Å². The van der Waals surface area contributed by atoms with Gasteiger partial charge in [0.2, 0.25) is 0 Å². The van der Waals surface area contributed by atoms with Gasteiger partial charge in [0.05, 0.1) is 17.6 Å². The number of esters is 1. The van der Waals surface area contributed by atoms with Crippen LogP contribution in [0.4, 0.5) is 0 Å². The van der Waals surface area contributed by atoms with Crippen LogP contribution in [0.3, 0.4) is 0 Å². The van der Waals surface area contributed by atoms with E-state index in [1.54, 1.807) is 7.11 Å². The first-order valence-corrected chi connectivity index (χ1v) is 15.9. The van der Waals surface area contributed by atoms with Gasteiger partial charge < -0.3 is 18.6 Å². The molecule has 0 amide bonds. The molecule has 34 heavy (non-hydrogen) atoms. The molecular weight excluding hydrogens is 444 g/mol. The van der Waals surface area contributed by atoms with Gasteiger partial charge in [0, 0.05) is 26.1 Å². The minimum absolute atomic E-state index is 0.000467. The molecule has 0 rings (SSSR count). The average molecular weight is 503 g/mol. The van der Waals surface area contributed by atoms with Crippen LogP contribution in [-0.2, 0) is 23.4 Å². The second-order valence-corrected chi connectivity index (χ2v) is 16.3. The number of hydrogen-bond acceptors (Lipinski definition) is 5. The van der Waals surface area contributed by atoms with Gasteiger partial charge >= 0.3 is 5.97 Å². The summed E-state index contributed by atoms with van der Waals surface area (Å²) in [6, 6.07) is 0. The molecule has 0 aliphatic heterocycles. The summed E-state index contributed by atoms with van der Waals surface area (Å²) < 4.78 is 24.4. The molecule has 0 saturated heterocycles. The molecule has 6 atom stereocenters. The van der Waals surface area contributed by atoms with E-state index < -0.39 is 20.7 Å². The average Bonchev–Trinajstić information content (AvgIpc) is 2.61. The lowest BCUT2D eigenvalue weighted by molar-refractivity contribution is -0.184. The van der Waals surface area contributed by atoms with E-state index in [4.69, 9.17) is 18.6 Å². The van der Waals surface area contributed by atoms with E-state index in [0.717, 1.165) is 19.3 Å². The molecule has 0 saturated carbocycles. The molecule has 0 aromatic rings. The molecule has 0 radical (unpaired) electrons. The lowest BCUT2D eigenvalue weighted by Gasteiger charge is -2.43. The number of rotatable bonds is 13. The quantitative estimate of drug-likeness (QED) is 0.153. The molecule has 0 aliphatic carbocycles. The van der Waals surface area contributed by atoms with E-state index in [0.29, 0.717) is 5.92 Å². The topological polar surface area (TPSA) is 54.0 Å². The van der Waals surface area contributed by atoms with Crippen LogP contribution in [0, 0.1) is 34.0 Å². The molecule has 0 bridgehead atoms. The molecule has 204 valence electrons. The Bertz CT molecular complexity index is 585. The van der Waals surface area contributed by atoms with E-state index >= 15 is 0 Å². The maximum absolute atomic E-state index is 12.7. The molecule has 0 aromatic carbocycles. The highest BCUT2D eigenvalue weighted by molar-refractivity contribution is 6.48. The Morgan fingerprint density at radius 1 is 0.824 bits per heavy atom. The van der Waals surface area contributed by atoms with Crippen LogP contribution in [0.1, 0.15) is 95.4 Å². The SMILES string of the molecule is CO[C@@H](C[C@H](C)CC(C)(C)C)[C@H]([C@H](C[C@@H](C)C(OC(=O)C(C)(C)C)O[SiH](C)C)OC)C(C)(C)C. The third-order valence-electron chi connectivity index (χ3n) is 6.31. The van der Waals surface area contributed by atoms with Crippen molar-refractivity contribution in [1.29, 1.82) is 0 Å². The Kier molecular flexibility index (Phi) is 13.6. The summed E-state index contributed by atoms with van der Waals surface area (Å²) in [5.41, 5.74) is -0.307. The van der Waals surface area contributed by atoms with Crippen molar-refractivity contribution in [3.05, 3.63) is 0 Å². The lowest BCUT2D eigenvalue weighted by atomic mass is 9.69. The van der Waals surface area contributed by atoms with Crippen LogP contribution >= 0.6 is 0 Å². The van der Waals surface area contributed by atoms with Crippen molar-refractivity contribution in [2.75, 3.05) is 14.2 Å². The summed E-state index contributed by atoms with van der Waals surface area (Å²) >= 11 is 0. The highest BCUT2D eigenvalue weighted by Crippen LogP contribution is 2.40. The van der Waals surface area contributed by atoms with Crippen LogP contribution in [-0.4, -0.2) is 47.7 Å². The zero-order valence-corrected chi connectivity index (χ0v) is 26.4. The van der Waals surface area contributed by atoms with E-state index in [9.17, 15) is 4.79 Å². The number of methoxy groups -OCH3 is 2. The van der Waals surface area contributed by atoms with Gasteiger partial charge in [-0.3, -0.25) is 4.79 Å². The fourth-order valence-electron chi connectivity index (χ4n) is 4.97. The summed E-state index contributed by atoms with van der Waals surface area (Å²) in [4.78, 5) is 12.7. The van der Waals surface area contributed by atoms with E-state index in [2.05, 4.69) is 68.5 Å². The monoisotopic (exact) mass is 502 g/mol. The standard InChI is InChI=1S/C28H58O5Si/c1-19(18-26(3,4)5)16-21(30-12)23(27(6,7)8)22(31-13)17-20(2)24(33-34(14)15)32-25(29)28(9,10)11/h19-24,34H,16-18H2,1-15H3/t19-,20+,21-,22-,23+,24?/m0/s1. The van der Waals surface area contributed by atoms with E-state index in [-0.39, 0.29) is 40.8 Å². The van der Waals surface area contributed by atoms with Crippen molar-refractivity contribution in [3.63, 3.8) is 0 Å². The Labute approximate surface area is 213 Å². The minimum Gasteiger partial charge on any atom is -0.436 e. The first kappa shape index (κ1) is 33.6. The zero-order valence-electron chi connectivity index (χ0n) is 25.2. The summed E-state index contributed by atoms with van der Waals surface area (Å²) in [6.45, 7) is 27.9. The van der Waals surface area contributed by atoms with Crippen LogP contribution in [0.25, 0.3) is 0 Å². The number of hydrogen-bond donors (Lipinski definition) is 0. The van der Waals surface area contributed by atoms with Crippen LogP contribution in [0.2, 0.25) is 13.1 Å². The van der Waals surface area contributed by atoms with Crippen molar-refractivity contribution < 1.29 is 23.4 Å². The maximum Gasteiger partial charge on any atom is 0.313 e. The predicted octanol–water partition coefficient (Wildman–Crippen LogP) is 7.08. The predicted molar refractivity (Wildman–Crippen MR) is 145 cm³/mol. The first-order valence-electron chi connectivity index (χ1n) is 13.1. The molecule has 5 nitrogen and oxygen atoms in total. The fourth-order valence-corrected chi connectivity index (χ4v) is 5.83. The van der Waals surface area contributed by atoms with Crippen molar-refractivity contribution in [2.24, 2.45) is 34.0 Å². The second kappa shape index (κ2) is 13.8. The van der Waals surface area contributed by atoms with Gasteiger partial charge in [-0.1, -0.05) is 55.4 Å². The Balaban J connectivity index is 5.81. The molecular formula is C28H58O5Si. The van der Waals surface area contributed by atoms with Gasteiger partial charge in [-0.15, -0.1) is 0 Å². The normalized spacial score (nSPS) is 18.8. The molecule has 0 N–H and O–H groups in total. The fraction of sp³-hybridized carbons (Fsp3) is 0.964. The summed E-state index contributed by atoms with van der Waals surface area (Å²) in [7, 11) is 2.19. The van der Waals surface area contributed by atoms with Crippen molar-refractivity contribution in [2.45, 2.75) is 127 Å². The molecule has 6 heteroatoms. The summed E-state index contributed by atoms with van der Waals surface area (Å²) in [6.07, 6.45) is 2.34. The highest BCUT2D eigenvalue weighted by atomic mass is 28.3. The largest absolute Gasteiger partial charge is 0.436 e. The molecule has 1 unspecified atom stereocenters. The smallest absolute Gasteiger partial charge is 0.313 e. The van der Waals surface area contributed by atoms with Gasteiger partial charge in [0.1, 0.15) is 0 Å². The summed E-state index contributed by atoms with van der Waals surface area (Å²) in [5, 5.41) is 0. The highest BCUT2D eigenvalue weighted by Gasteiger charge is 2.41. The molecule has 0 aliphatic rings. The van der Waals surface area contributed by atoms with Gasteiger partial charge in [-0.25, -0.2) is 0 Å². The van der Waals surface area contributed by atoms with Crippen LogP contribution in [0.5, 0.6) is 0 Å². The van der Waals surface area contributed by atoms with Crippen molar-refractivity contribution in [1.82, 2.24) is 0 Å². The Hall–Kier alpha value is -0.433. The van der Waals surface area contributed by atoms with Crippen molar-refractivity contribution >= 4 is 15.0 Å². The number of carbonyl (C=O) groups is 1. The molecule has 0 fully saturated rings. The number of ether oxygens (including phenoxy) is 3. The third kappa shape index (κ3) is 12.5. The van der Waals surface area contributed by atoms with Crippen molar-refractivity contribution in [3.8, 4) is 0 Å². The molecule has 0 spiro atoms. The second-order valence-electron chi connectivity index (χ2n) is 14.0. The maximum atomic E-state index is 12.7. The Morgan fingerprint density at radius 3 is 1.65 bits per heavy atom. The third-order valence-corrected chi connectivity index (χ3v) is 7.13. The van der Waals surface area contributed by atoms with Gasteiger partial charge in [0.15, 0.2) is 15.3 Å². The van der Waals surface area contributed by atoms with Gasteiger partial charge in [0.25, 0.3) is 0 Å². The van der Waals surface area contributed by atoms with Crippen LogP contribution in [0.15, 0.2) is 0 Å².